The first kappa shape index (κ1) is 12.1. The number of rotatable bonds is 2. The third-order valence-electron chi connectivity index (χ3n) is 2.91. The van der Waals surface area contributed by atoms with Crippen LogP contribution in [-0.4, -0.2) is 22.9 Å². The van der Waals surface area contributed by atoms with E-state index in [-0.39, 0.29) is 5.91 Å². The molecule has 5 nitrogen and oxygen atoms in total. The maximum absolute atomic E-state index is 12.1. The molecular formula is C13H14N4O. The number of nitrogens with one attached hydrogen (secondary N) is 1. The van der Waals surface area contributed by atoms with Gasteiger partial charge in [-0.1, -0.05) is 0 Å². The van der Waals surface area contributed by atoms with Gasteiger partial charge in [-0.25, -0.2) is 4.98 Å². The zero-order valence-corrected chi connectivity index (χ0v) is 10.6. The number of fused-ring (bicyclic) bond motifs is 1. The molecule has 1 aromatic carbocycles. The minimum Gasteiger partial charge on any atom is -0.345 e. The molecular weight excluding hydrogens is 228 g/mol. The molecule has 5 heteroatoms. The molecule has 18 heavy (non-hydrogen) atoms. The fourth-order valence-corrected chi connectivity index (χ4v) is 1.72. The molecule has 0 spiro atoms. The van der Waals surface area contributed by atoms with Crippen LogP contribution in [0.4, 0.5) is 5.69 Å². The molecule has 1 amide bonds. The number of H-pyrrole nitrogens is 1. The highest BCUT2D eigenvalue weighted by atomic mass is 16.2. The summed E-state index contributed by atoms with van der Waals surface area (Å²) in [6.45, 7) is 3.22. The molecule has 2 aromatic rings. The quantitative estimate of drug-likeness (QED) is 0.876. The van der Waals surface area contributed by atoms with Crippen LogP contribution < -0.4 is 4.90 Å². The predicted molar refractivity (Wildman–Crippen MR) is 68.9 cm³/mol. The van der Waals surface area contributed by atoms with E-state index >= 15 is 0 Å². The van der Waals surface area contributed by atoms with Crippen molar-refractivity contribution in [1.29, 1.82) is 5.26 Å². The van der Waals surface area contributed by atoms with Gasteiger partial charge in [0.15, 0.2) is 0 Å². The van der Waals surface area contributed by atoms with E-state index in [1.807, 2.05) is 24.3 Å². The van der Waals surface area contributed by atoms with Crippen LogP contribution in [-0.2, 0) is 4.79 Å². The van der Waals surface area contributed by atoms with E-state index in [1.165, 1.54) is 4.90 Å². The monoisotopic (exact) mass is 242 g/mol. The van der Waals surface area contributed by atoms with E-state index < -0.39 is 5.41 Å². The third kappa shape index (κ3) is 1.93. The minimum absolute atomic E-state index is 0.233. The number of amides is 1. The Balaban J connectivity index is 2.36. The number of aromatic amines is 1. The first-order valence-corrected chi connectivity index (χ1v) is 5.58. The summed E-state index contributed by atoms with van der Waals surface area (Å²) in [7, 11) is 1.67. The Hall–Kier alpha value is -2.35. The van der Waals surface area contributed by atoms with Crippen LogP contribution >= 0.6 is 0 Å². The fourth-order valence-electron chi connectivity index (χ4n) is 1.72. The molecule has 92 valence electrons. The summed E-state index contributed by atoms with van der Waals surface area (Å²) in [5, 5.41) is 8.99. The van der Waals surface area contributed by atoms with Gasteiger partial charge >= 0.3 is 0 Å². The van der Waals surface area contributed by atoms with Crippen molar-refractivity contribution >= 4 is 22.6 Å². The molecule has 0 bridgehead atoms. The van der Waals surface area contributed by atoms with E-state index in [4.69, 9.17) is 5.26 Å². The first-order valence-electron chi connectivity index (χ1n) is 5.58. The smallest absolute Gasteiger partial charge is 0.246 e. The maximum Gasteiger partial charge on any atom is 0.246 e. The highest BCUT2D eigenvalue weighted by molar-refractivity contribution is 5.99. The Labute approximate surface area is 105 Å². The van der Waals surface area contributed by atoms with Crippen molar-refractivity contribution in [2.45, 2.75) is 13.8 Å². The summed E-state index contributed by atoms with van der Waals surface area (Å²) in [5.74, 6) is -0.233. The number of imidazole rings is 1. The van der Waals surface area contributed by atoms with E-state index in [0.717, 1.165) is 16.7 Å². The second-order valence-corrected chi connectivity index (χ2v) is 4.70. The predicted octanol–water partition coefficient (Wildman–Crippen LogP) is 2.08. The van der Waals surface area contributed by atoms with E-state index in [1.54, 1.807) is 27.2 Å². The SMILES string of the molecule is CN(C(=O)C(C)(C)C#N)c1ccc2nc[nH]c2c1. The molecule has 0 radical (unpaired) electrons. The number of aromatic nitrogens is 2. The lowest BCUT2D eigenvalue weighted by atomic mass is 9.94. The van der Waals surface area contributed by atoms with Crippen molar-refractivity contribution in [3.8, 4) is 6.07 Å². The zero-order valence-electron chi connectivity index (χ0n) is 10.6. The van der Waals surface area contributed by atoms with Gasteiger partial charge in [0.1, 0.15) is 5.41 Å². The van der Waals surface area contributed by atoms with Crippen molar-refractivity contribution in [2.75, 3.05) is 11.9 Å². The summed E-state index contributed by atoms with van der Waals surface area (Å²) >= 11 is 0. The van der Waals surface area contributed by atoms with Gasteiger partial charge in [0, 0.05) is 12.7 Å². The Morgan fingerprint density at radius 2 is 2.22 bits per heavy atom. The molecule has 0 atom stereocenters. The second-order valence-electron chi connectivity index (χ2n) is 4.70. The number of hydrogen-bond acceptors (Lipinski definition) is 3. The van der Waals surface area contributed by atoms with Crippen molar-refractivity contribution in [2.24, 2.45) is 5.41 Å². The van der Waals surface area contributed by atoms with Gasteiger partial charge in [-0.3, -0.25) is 4.79 Å². The fraction of sp³-hybridized carbons (Fsp3) is 0.308. The largest absolute Gasteiger partial charge is 0.345 e. The average Bonchev–Trinajstić information content (AvgIpc) is 2.84. The molecule has 0 saturated heterocycles. The summed E-state index contributed by atoms with van der Waals surface area (Å²) in [5.41, 5.74) is 1.42. The van der Waals surface area contributed by atoms with Crippen LogP contribution in [0.5, 0.6) is 0 Å². The molecule has 1 aromatic heterocycles. The van der Waals surface area contributed by atoms with E-state index in [0.29, 0.717) is 0 Å². The van der Waals surface area contributed by atoms with Crippen molar-refractivity contribution in [3.05, 3.63) is 24.5 Å². The number of benzene rings is 1. The van der Waals surface area contributed by atoms with Crippen LogP contribution in [0.2, 0.25) is 0 Å². The molecule has 0 fully saturated rings. The Bertz CT molecular complexity index is 636. The van der Waals surface area contributed by atoms with Crippen molar-refractivity contribution < 1.29 is 4.79 Å². The highest BCUT2D eigenvalue weighted by Crippen LogP contribution is 2.24. The molecule has 0 aliphatic carbocycles. The number of carbonyl (C=O) groups is 1. The molecule has 0 aliphatic heterocycles. The molecule has 0 unspecified atom stereocenters. The number of nitrogens with zero attached hydrogens (tertiary/aromatic N) is 3. The van der Waals surface area contributed by atoms with Crippen molar-refractivity contribution in [1.82, 2.24) is 9.97 Å². The lowest BCUT2D eigenvalue weighted by molar-refractivity contribution is -0.123. The summed E-state index contributed by atoms with van der Waals surface area (Å²) in [6, 6.07) is 7.51. The molecule has 2 rings (SSSR count). The van der Waals surface area contributed by atoms with Gasteiger partial charge < -0.3 is 9.88 Å². The Morgan fingerprint density at radius 3 is 2.89 bits per heavy atom. The van der Waals surface area contributed by atoms with Gasteiger partial charge in [0.2, 0.25) is 5.91 Å². The Kier molecular flexibility index (Phi) is 2.79. The minimum atomic E-state index is -1.03. The van der Waals surface area contributed by atoms with Gasteiger partial charge in [-0.15, -0.1) is 0 Å². The van der Waals surface area contributed by atoms with Crippen LogP contribution in [0, 0.1) is 16.7 Å². The average molecular weight is 242 g/mol. The number of nitriles is 1. The van der Waals surface area contributed by atoms with Crippen LogP contribution in [0.1, 0.15) is 13.8 Å². The van der Waals surface area contributed by atoms with Crippen LogP contribution in [0.15, 0.2) is 24.5 Å². The lowest BCUT2D eigenvalue weighted by Crippen LogP contribution is -2.37. The highest BCUT2D eigenvalue weighted by Gasteiger charge is 2.31. The summed E-state index contributed by atoms with van der Waals surface area (Å²) in [4.78, 5) is 20.7. The molecule has 0 saturated carbocycles. The molecule has 1 N–H and O–H groups in total. The first-order chi connectivity index (χ1) is 8.45. The normalized spacial score (nSPS) is 11.2. The second kappa shape index (κ2) is 4.15. The van der Waals surface area contributed by atoms with Crippen LogP contribution in [0.25, 0.3) is 11.0 Å². The zero-order chi connectivity index (χ0) is 13.3. The van der Waals surface area contributed by atoms with Gasteiger partial charge in [-0.2, -0.15) is 5.26 Å². The lowest BCUT2D eigenvalue weighted by Gasteiger charge is -2.24. The Morgan fingerprint density at radius 1 is 1.50 bits per heavy atom. The third-order valence-corrected chi connectivity index (χ3v) is 2.91. The molecule has 1 heterocycles. The molecule has 0 aliphatic rings. The van der Waals surface area contributed by atoms with Crippen LogP contribution in [0.3, 0.4) is 0 Å². The number of anilines is 1. The summed E-state index contributed by atoms with van der Waals surface area (Å²) < 4.78 is 0. The topological polar surface area (TPSA) is 72.8 Å². The van der Waals surface area contributed by atoms with Gasteiger partial charge in [0.25, 0.3) is 0 Å². The summed E-state index contributed by atoms with van der Waals surface area (Å²) in [6.07, 6.45) is 1.61. The van der Waals surface area contributed by atoms with E-state index in [2.05, 4.69) is 9.97 Å². The van der Waals surface area contributed by atoms with Crippen molar-refractivity contribution in [3.63, 3.8) is 0 Å². The van der Waals surface area contributed by atoms with E-state index in [9.17, 15) is 4.79 Å². The standard InChI is InChI=1S/C13H14N4O/c1-13(2,7-14)12(18)17(3)9-4-5-10-11(6-9)16-8-15-10/h4-6,8H,1-3H3,(H,15,16). The number of hydrogen-bond donors (Lipinski definition) is 1. The number of carbonyl (C=O) groups excluding carboxylic acids is 1. The maximum atomic E-state index is 12.1. The van der Waals surface area contributed by atoms with Gasteiger partial charge in [-0.05, 0) is 32.0 Å². The van der Waals surface area contributed by atoms with Gasteiger partial charge in [0.05, 0.1) is 23.4 Å².